The monoisotopic (exact) mass is 269 g/mol. The van der Waals surface area contributed by atoms with Crippen molar-refractivity contribution in [3.8, 4) is 0 Å². The van der Waals surface area contributed by atoms with Crippen molar-refractivity contribution in [2.24, 2.45) is 17.9 Å². The van der Waals surface area contributed by atoms with E-state index in [1.54, 1.807) is 0 Å². The van der Waals surface area contributed by atoms with Crippen LogP contribution in [0.4, 0.5) is 5.69 Å². The summed E-state index contributed by atoms with van der Waals surface area (Å²) in [7, 11) is 2.00. The molecule has 1 heterocycles. The molecule has 104 valence electrons. The first-order valence-corrected chi connectivity index (χ1v) is 6.81. The van der Waals surface area contributed by atoms with Crippen molar-refractivity contribution in [1.82, 2.24) is 0 Å². The second-order valence-electron chi connectivity index (χ2n) is 4.64. The lowest BCUT2D eigenvalue weighted by Gasteiger charge is -2.18. The molecule has 0 aliphatic carbocycles. The summed E-state index contributed by atoms with van der Waals surface area (Å²) in [5.74, 6) is 0. The first kappa shape index (κ1) is 14.2. The minimum absolute atomic E-state index is 0.667. The third-order valence-corrected chi connectivity index (χ3v) is 2.98. The molecular weight excluding hydrogens is 248 g/mol. The summed E-state index contributed by atoms with van der Waals surface area (Å²) in [5, 5.41) is 6.56. The third kappa shape index (κ3) is 4.17. The fourth-order valence-electron chi connectivity index (χ4n) is 1.83. The Morgan fingerprint density at radius 2 is 1.85 bits per heavy atom. The van der Waals surface area contributed by atoms with Crippen molar-refractivity contribution in [2.45, 2.75) is 6.42 Å². The number of pyridine rings is 1. The van der Waals surface area contributed by atoms with E-state index in [0.717, 1.165) is 24.2 Å². The maximum absolute atomic E-state index is 5.60. The number of aryl methyl sites for hydroxylation is 1. The largest absolute Gasteiger partial charge is 0.330 e. The number of anilines is 1. The third-order valence-electron chi connectivity index (χ3n) is 2.98. The zero-order valence-corrected chi connectivity index (χ0v) is 11.8. The van der Waals surface area contributed by atoms with Crippen LogP contribution in [0, 0.1) is 0 Å². The Kier molecular flexibility index (Phi) is 5.26. The highest BCUT2D eigenvalue weighted by molar-refractivity contribution is 5.79. The molecule has 0 aliphatic rings. The molecule has 0 spiro atoms. The molecule has 0 bridgehead atoms. The first-order valence-electron chi connectivity index (χ1n) is 6.81. The van der Waals surface area contributed by atoms with E-state index in [1.165, 1.54) is 0 Å². The van der Waals surface area contributed by atoms with Gasteiger partial charge in [-0.15, -0.1) is 0 Å². The second-order valence-corrected chi connectivity index (χ2v) is 4.64. The number of nitrogens with zero attached hydrogens (tertiary/aromatic N) is 3. The van der Waals surface area contributed by atoms with Gasteiger partial charge in [0.15, 0.2) is 12.4 Å². The van der Waals surface area contributed by atoms with Gasteiger partial charge in [0, 0.05) is 24.2 Å². The molecular formula is C16H21N4+. The Balaban J connectivity index is 2.13. The summed E-state index contributed by atoms with van der Waals surface area (Å²) < 4.78 is 2.00. The summed E-state index contributed by atoms with van der Waals surface area (Å²) >= 11 is 0. The van der Waals surface area contributed by atoms with Crippen LogP contribution in [0.15, 0.2) is 60.0 Å². The average molecular weight is 269 g/mol. The van der Waals surface area contributed by atoms with E-state index in [0.29, 0.717) is 6.54 Å². The first-order chi connectivity index (χ1) is 9.79. The van der Waals surface area contributed by atoms with Gasteiger partial charge >= 0.3 is 0 Å². The molecule has 0 unspecified atom stereocenters. The van der Waals surface area contributed by atoms with E-state index in [1.807, 2.05) is 65.6 Å². The lowest BCUT2D eigenvalue weighted by Crippen LogP contribution is -2.26. The summed E-state index contributed by atoms with van der Waals surface area (Å²) in [6.07, 6.45) is 6.81. The molecule has 1 aromatic carbocycles. The van der Waals surface area contributed by atoms with Gasteiger partial charge in [-0.3, -0.25) is 5.01 Å². The average Bonchev–Trinajstić information content (AvgIpc) is 2.50. The lowest BCUT2D eigenvalue weighted by molar-refractivity contribution is -0.671. The topological polar surface area (TPSA) is 45.5 Å². The number of aromatic nitrogens is 1. The van der Waals surface area contributed by atoms with Gasteiger partial charge < -0.3 is 5.73 Å². The van der Waals surface area contributed by atoms with Gasteiger partial charge in [0.1, 0.15) is 7.05 Å². The minimum atomic E-state index is 0.667. The van der Waals surface area contributed by atoms with E-state index in [-0.39, 0.29) is 0 Å². The lowest BCUT2D eigenvalue weighted by atomic mass is 10.3. The zero-order chi connectivity index (χ0) is 14.2. The van der Waals surface area contributed by atoms with Crippen molar-refractivity contribution in [3.63, 3.8) is 0 Å². The van der Waals surface area contributed by atoms with Crippen LogP contribution in [-0.4, -0.2) is 19.3 Å². The van der Waals surface area contributed by atoms with Crippen LogP contribution in [0.1, 0.15) is 12.0 Å². The highest BCUT2D eigenvalue weighted by atomic mass is 15.4. The number of hydrogen-bond donors (Lipinski definition) is 1. The molecule has 2 rings (SSSR count). The molecule has 0 fully saturated rings. The van der Waals surface area contributed by atoms with Gasteiger partial charge in [-0.2, -0.15) is 5.10 Å². The zero-order valence-electron chi connectivity index (χ0n) is 11.8. The maximum Gasteiger partial charge on any atom is 0.169 e. The Bertz CT molecular complexity index is 534. The normalized spacial score (nSPS) is 10.9. The Hall–Kier alpha value is -2.20. The molecule has 0 amide bonds. The van der Waals surface area contributed by atoms with E-state index in [2.05, 4.69) is 17.2 Å². The van der Waals surface area contributed by atoms with Gasteiger partial charge in [-0.1, -0.05) is 18.2 Å². The Morgan fingerprint density at radius 3 is 2.50 bits per heavy atom. The fourth-order valence-corrected chi connectivity index (χ4v) is 1.83. The second kappa shape index (κ2) is 7.40. The number of nitrogens with two attached hydrogens (primary N) is 1. The van der Waals surface area contributed by atoms with Crippen molar-refractivity contribution in [2.75, 3.05) is 18.1 Å². The maximum atomic E-state index is 5.60. The number of rotatable bonds is 6. The predicted octanol–water partition coefficient (Wildman–Crippen LogP) is 1.70. The van der Waals surface area contributed by atoms with Crippen molar-refractivity contribution in [1.29, 1.82) is 0 Å². The van der Waals surface area contributed by atoms with Crippen LogP contribution in [0.25, 0.3) is 0 Å². The van der Waals surface area contributed by atoms with Crippen LogP contribution in [0.5, 0.6) is 0 Å². The van der Waals surface area contributed by atoms with E-state index in [4.69, 9.17) is 5.73 Å². The fraction of sp³-hybridized carbons (Fsp3) is 0.250. The van der Waals surface area contributed by atoms with E-state index < -0.39 is 0 Å². The van der Waals surface area contributed by atoms with Crippen LogP contribution in [0.2, 0.25) is 0 Å². The Labute approximate surface area is 120 Å². The van der Waals surface area contributed by atoms with E-state index >= 15 is 0 Å². The summed E-state index contributed by atoms with van der Waals surface area (Å²) in [6, 6.07) is 14.2. The Morgan fingerprint density at radius 1 is 1.15 bits per heavy atom. The molecule has 20 heavy (non-hydrogen) atoms. The number of hydrazone groups is 1. The molecule has 2 N–H and O–H groups in total. The number of para-hydroxylation sites is 1. The molecule has 2 aromatic rings. The minimum Gasteiger partial charge on any atom is -0.330 e. The van der Waals surface area contributed by atoms with Gasteiger partial charge in [0.25, 0.3) is 0 Å². The van der Waals surface area contributed by atoms with Crippen LogP contribution in [-0.2, 0) is 7.05 Å². The summed E-state index contributed by atoms with van der Waals surface area (Å²) in [6.45, 7) is 1.48. The van der Waals surface area contributed by atoms with E-state index in [9.17, 15) is 0 Å². The summed E-state index contributed by atoms with van der Waals surface area (Å²) in [5.41, 5.74) is 7.76. The molecule has 0 aliphatic heterocycles. The standard InChI is InChI=1S/C16H21N4/c1-19-12-8-15(9-13-19)14-18-20(11-5-10-17)16-6-3-2-4-7-16/h2-4,6-9,12-14H,5,10-11,17H2,1H3/q+1. The molecule has 0 saturated carbocycles. The molecule has 1 aromatic heterocycles. The quantitative estimate of drug-likeness (QED) is 0.493. The van der Waals surface area contributed by atoms with Gasteiger partial charge in [0.05, 0.1) is 11.9 Å². The van der Waals surface area contributed by atoms with Crippen molar-refractivity contribution in [3.05, 3.63) is 60.4 Å². The molecule has 0 atom stereocenters. The molecule has 4 heteroatoms. The van der Waals surface area contributed by atoms with Crippen molar-refractivity contribution >= 4 is 11.9 Å². The van der Waals surface area contributed by atoms with Crippen molar-refractivity contribution < 1.29 is 4.57 Å². The molecule has 0 saturated heterocycles. The van der Waals surface area contributed by atoms with Crippen LogP contribution in [0.3, 0.4) is 0 Å². The van der Waals surface area contributed by atoms with Crippen LogP contribution < -0.4 is 15.3 Å². The predicted molar refractivity (Wildman–Crippen MR) is 82.7 cm³/mol. The van der Waals surface area contributed by atoms with Gasteiger partial charge in [-0.25, -0.2) is 4.57 Å². The van der Waals surface area contributed by atoms with Crippen LogP contribution >= 0.6 is 0 Å². The van der Waals surface area contributed by atoms with Gasteiger partial charge in [-0.05, 0) is 25.1 Å². The van der Waals surface area contributed by atoms with Gasteiger partial charge in [0.2, 0.25) is 0 Å². The highest BCUT2D eigenvalue weighted by Gasteiger charge is 2.03. The SMILES string of the molecule is C[n+]1ccc(/C=N/N(CCCN)c2ccccc2)cc1. The molecule has 4 nitrogen and oxygen atoms in total. The smallest absolute Gasteiger partial charge is 0.169 e. The number of benzene rings is 1. The molecule has 0 radical (unpaired) electrons. The summed E-state index contributed by atoms with van der Waals surface area (Å²) in [4.78, 5) is 0. The number of hydrogen-bond acceptors (Lipinski definition) is 3. The highest BCUT2D eigenvalue weighted by Crippen LogP contribution is 2.13.